The van der Waals surface area contributed by atoms with Gasteiger partial charge in [-0.15, -0.1) is 0 Å². The molecule has 2 heterocycles. The molecule has 1 aromatic heterocycles. The second-order valence-electron chi connectivity index (χ2n) is 4.82. The Balaban J connectivity index is 1.74. The molecular formula is C14H18N4O. The Kier molecular flexibility index (Phi) is 3.57. The van der Waals surface area contributed by atoms with E-state index >= 15 is 0 Å². The summed E-state index contributed by atoms with van der Waals surface area (Å²) in [4.78, 5) is 13.0. The minimum Gasteiger partial charge on any atom is -0.395 e. The van der Waals surface area contributed by atoms with Crippen molar-refractivity contribution in [1.82, 2.24) is 14.9 Å². The standard InChI is InChI=1S/C14H18N4O/c19-8-7-17-3-5-18(6-4-17)13-2-1-12-10-15-11-16-14(12)9-13/h1-2,9-11,19H,3-8H2. The van der Waals surface area contributed by atoms with Crippen LogP contribution in [0.1, 0.15) is 0 Å². The van der Waals surface area contributed by atoms with Gasteiger partial charge in [0.2, 0.25) is 0 Å². The highest BCUT2D eigenvalue weighted by molar-refractivity contribution is 5.81. The van der Waals surface area contributed by atoms with Crippen LogP contribution in [-0.4, -0.2) is 59.3 Å². The third kappa shape index (κ3) is 2.67. The van der Waals surface area contributed by atoms with Crippen LogP contribution < -0.4 is 4.90 Å². The zero-order valence-electron chi connectivity index (χ0n) is 10.9. The van der Waals surface area contributed by atoms with Crippen LogP contribution in [0.15, 0.2) is 30.7 Å². The molecule has 0 aliphatic carbocycles. The van der Waals surface area contributed by atoms with Gasteiger partial charge in [-0.1, -0.05) is 0 Å². The van der Waals surface area contributed by atoms with E-state index in [4.69, 9.17) is 5.11 Å². The second-order valence-corrected chi connectivity index (χ2v) is 4.82. The lowest BCUT2D eigenvalue weighted by Crippen LogP contribution is -2.47. The summed E-state index contributed by atoms with van der Waals surface area (Å²) in [5, 5.41) is 10.0. The van der Waals surface area contributed by atoms with Gasteiger partial charge >= 0.3 is 0 Å². The lowest BCUT2D eigenvalue weighted by Gasteiger charge is -2.35. The molecule has 1 aromatic carbocycles. The van der Waals surface area contributed by atoms with Crippen molar-refractivity contribution in [2.45, 2.75) is 0 Å². The molecule has 1 saturated heterocycles. The van der Waals surface area contributed by atoms with Crippen molar-refractivity contribution in [2.24, 2.45) is 0 Å². The molecule has 0 atom stereocenters. The summed E-state index contributed by atoms with van der Waals surface area (Å²) in [6, 6.07) is 6.33. The van der Waals surface area contributed by atoms with Gasteiger partial charge in [-0.25, -0.2) is 9.97 Å². The summed E-state index contributed by atoms with van der Waals surface area (Å²) in [7, 11) is 0. The Hall–Kier alpha value is -1.72. The Morgan fingerprint density at radius 1 is 1.16 bits per heavy atom. The van der Waals surface area contributed by atoms with Crippen LogP contribution in [0.5, 0.6) is 0 Å². The molecule has 0 amide bonds. The maximum Gasteiger partial charge on any atom is 0.116 e. The molecule has 1 N–H and O–H groups in total. The molecule has 0 bridgehead atoms. The average molecular weight is 258 g/mol. The number of aliphatic hydroxyl groups excluding tert-OH is 1. The molecule has 2 aromatic rings. The van der Waals surface area contributed by atoms with E-state index in [0.29, 0.717) is 0 Å². The summed E-state index contributed by atoms with van der Waals surface area (Å²) in [5.41, 5.74) is 2.21. The van der Waals surface area contributed by atoms with Gasteiger partial charge < -0.3 is 10.0 Å². The zero-order chi connectivity index (χ0) is 13.1. The molecule has 19 heavy (non-hydrogen) atoms. The first-order valence-electron chi connectivity index (χ1n) is 6.65. The fourth-order valence-corrected chi connectivity index (χ4v) is 2.53. The van der Waals surface area contributed by atoms with Crippen LogP contribution in [0.25, 0.3) is 10.9 Å². The zero-order valence-corrected chi connectivity index (χ0v) is 10.9. The van der Waals surface area contributed by atoms with Crippen LogP contribution in [0.2, 0.25) is 0 Å². The first-order chi connectivity index (χ1) is 9.36. The van der Waals surface area contributed by atoms with Crippen molar-refractivity contribution in [1.29, 1.82) is 0 Å². The number of anilines is 1. The van der Waals surface area contributed by atoms with Crippen molar-refractivity contribution in [3.05, 3.63) is 30.7 Å². The molecule has 0 spiro atoms. The molecule has 0 unspecified atom stereocenters. The molecule has 1 aliphatic rings. The summed E-state index contributed by atoms with van der Waals surface area (Å²) < 4.78 is 0. The van der Waals surface area contributed by atoms with E-state index in [1.54, 1.807) is 6.33 Å². The van der Waals surface area contributed by atoms with E-state index in [2.05, 4.69) is 38.0 Å². The van der Waals surface area contributed by atoms with E-state index in [1.165, 1.54) is 5.69 Å². The molecule has 5 heteroatoms. The van der Waals surface area contributed by atoms with Gasteiger partial charge in [0.1, 0.15) is 6.33 Å². The highest BCUT2D eigenvalue weighted by Gasteiger charge is 2.16. The van der Waals surface area contributed by atoms with Gasteiger partial charge in [-0.2, -0.15) is 0 Å². The number of piperazine rings is 1. The molecule has 0 radical (unpaired) electrons. The van der Waals surface area contributed by atoms with Gasteiger partial charge in [-0.05, 0) is 18.2 Å². The summed E-state index contributed by atoms with van der Waals surface area (Å²) in [6.45, 7) is 5.02. The first-order valence-corrected chi connectivity index (χ1v) is 6.65. The maximum atomic E-state index is 8.95. The topological polar surface area (TPSA) is 52.5 Å². The Morgan fingerprint density at radius 3 is 2.79 bits per heavy atom. The van der Waals surface area contributed by atoms with Crippen LogP contribution in [0.3, 0.4) is 0 Å². The molecule has 1 aliphatic heterocycles. The van der Waals surface area contributed by atoms with E-state index in [9.17, 15) is 0 Å². The summed E-state index contributed by atoms with van der Waals surface area (Å²) in [5.74, 6) is 0. The van der Waals surface area contributed by atoms with Crippen LogP contribution in [0, 0.1) is 0 Å². The minimum atomic E-state index is 0.243. The maximum absolute atomic E-state index is 8.95. The van der Waals surface area contributed by atoms with E-state index in [1.807, 2.05) is 6.20 Å². The normalized spacial score (nSPS) is 17.0. The largest absolute Gasteiger partial charge is 0.395 e. The Bertz CT molecular complexity index is 552. The van der Waals surface area contributed by atoms with E-state index < -0.39 is 0 Å². The van der Waals surface area contributed by atoms with Crippen LogP contribution >= 0.6 is 0 Å². The Morgan fingerprint density at radius 2 is 2.00 bits per heavy atom. The molecule has 3 rings (SSSR count). The third-order valence-corrected chi connectivity index (χ3v) is 3.64. The summed E-state index contributed by atoms with van der Waals surface area (Å²) >= 11 is 0. The van der Waals surface area contributed by atoms with Gasteiger partial charge in [0.15, 0.2) is 0 Å². The molecule has 5 nitrogen and oxygen atoms in total. The number of rotatable bonds is 3. The number of aromatic nitrogens is 2. The predicted molar refractivity (Wildman–Crippen MR) is 75.3 cm³/mol. The van der Waals surface area contributed by atoms with Gasteiger partial charge in [0.25, 0.3) is 0 Å². The number of aliphatic hydroxyl groups is 1. The number of hydrogen-bond donors (Lipinski definition) is 1. The van der Waals surface area contributed by atoms with Gasteiger partial charge in [0.05, 0.1) is 12.1 Å². The number of benzene rings is 1. The quantitative estimate of drug-likeness (QED) is 0.880. The molecule has 1 fully saturated rings. The van der Waals surface area contributed by atoms with E-state index in [-0.39, 0.29) is 6.61 Å². The van der Waals surface area contributed by atoms with Gasteiger partial charge in [0, 0.05) is 50.0 Å². The van der Waals surface area contributed by atoms with Gasteiger partial charge in [-0.3, -0.25) is 4.90 Å². The van der Waals surface area contributed by atoms with Crippen molar-refractivity contribution < 1.29 is 5.11 Å². The molecular weight excluding hydrogens is 240 g/mol. The number of hydrogen-bond acceptors (Lipinski definition) is 5. The number of β-amino-alcohol motifs (C(OH)–C–C–N with tert-alkyl or cyclic N) is 1. The SMILES string of the molecule is OCCN1CCN(c2ccc3cncnc3c2)CC1. The summed E-state index contributed by atoms with van der Waals surface area (Å²) in [6.07, 6.45) is 3.43. The second kappa shape index (κ2) is 5.50. The number of nitrogens with zero attached hydrogens (tertiary/aromatic N) is 4. The first kappa shape index (κ1) is 12.3. The molecule has 100 valence electrons. The Labute approximate surface area is 112 Å². The van der Waals surface area contributed by atoms with E-state index in [0.717, 1.165) is 43.6 Å². The van der Waals surface area contributed by atoms with Crippen LogP contribution in [-0.2, 0) is 0 Å². The van der Waals surface area contributed by atoms with Crippen molar-refractivity contribution in [3.8, 4) is 0 Å². The average Bonchev–Trinajstić information content (AvgIpc) is 2.48. The van der Waals surface area contributed by atoms with Crippen molar-refractivity contribution in [3.63, 3.8) is 0 Å². The highest BCUT2D eigenvalue weighted by atomic mass is 16.3. The van der Waals surface area contributed by atoms with Crippen molar-refractivity contribution >= 4 is 16.6 Å². The third-order valence-electron chi connectivity index (χ3n) is 3.64. The highest BCUT2D eigenvalue weighted by Crippen LogP contribution is 2.21. The fraction of sp³-hybridized carbons (Fsp3) is 0.429. The number of fused-ring (bicyclic) bond motifs is 1. The minimum absolute atomic E-state index is 0.243. The molecule has 0 saturated carbocycles. The monoisotopic (exact) mass is 258 g/mol. The lowest BCUT2D eigenvalue weighted by atomic mass is 10.2. The smallest absolute Gasteiger partial charge is 0.116 e. The lowest BCUT2D eigenvalue weighted by molar-refractivity contribution is 0.189. The van der Waals surface area contributed by atoms with Crippen molar-refractivity contribution in [2.75, 3.05) is 44.2 Å². The van der Waals surface area contributed by atoms with Crippen LogP contribution in [0.4, 0.5) is 5.69 Å². The fourth-order valence-electron chi connectivity index (χ4n) is 2.53. The predicted octanol–water partition coefficient (Wildman–Crippen LogP) is 0.744.